The predicted octanol–water partition coefficient (Wildman–Crippen LogP) is 0.440. The van der Waals surface area contributed by atoms with Crippen LogP contribution in [0.15, 0.2) is 29.3 Å². The summed E-state index contributed by atoms with van der Waals surface area (Å²) >= 11 is 0. The van der Waals surface area contributed by atoms with Gasteiger partial charge in [0.05, 0.1) is 6.54 Å². The molecule has 0 saturated carbocycles. The number of rotatable bonds is 3. The SMILES string of the molecule is Bc1cccc(C(CC)C2=NCCN2)c1. The standard InChI is InChI=1S/C12H17BN2/c1-2-11(12-14-6-7-15-12)9-4-3-5-10(13)8-9/h3-5,8,11H,2,6-7,13H2,1H3,(H,14,15). The molecule has 0 amide bonds. The van der Waals surface area contributed by atoms with Gasteiger partial charge < -0.3 is 5.32 Å². The molecule has 0 aliphatic carbocycles. The molecule has 0 spiro atoms. The molecule has 15 heavy (non-hydrogen) atoms. The molecule has 0 radical (unpaired) electrons. The maximum atomic E-state index is 4.52. The number of nitrogens with zero attached hydrogens (tertiary/aromatic N) is 1. The van der Waals surface area contributed by atoms with Crippen LogP contribution >= 0.6 is 0 Å². The molecule has 78 valence electrons. The Hall–Kier alpha value is -1.25. The molecule has 1 N–H and O–H groups in total. The van der Waals surface area contributed by atoms with Gasteiger partial charge in [-0.25, -0.2) is 0 Å². The molecule has 0 saturated heterocycles. The summed E-state index contributed by atoms with van der Waals surface area (Å²) in [6, 6.07) is 8.73. The Morgan fingerprint density at radius 3 is 3.00 bits per heavy atom. The highest BCUT2D eigenvalue weighted by atomic mass is 15.1. The Kier molecular flexibility index (Phi) is 3.09. The zero-order chi connectivity index (χ0) is 10.7. The van der Waals surface area contributed by atoms with Gasteiger partial charge in [-0.05, 0) is 12.0 Å². The van der Waals surface area contributed by atoms with E-state index in [2.05, 4.69) is 49.3 Å². The van der Waals surface area contributed by atoms with Gasteiger partial charge in [0.1, 0.15) is 13.7 Å². The fourth-order valence-corrected chi connectivity index (χ4v) is 2.12. The lowest BCUT2D eigenvalue weighted by Crippen LogP contribution is -2.25. The highest BCUT2D eigenvalue weighted by Gasteiger charge is 2.18. The number of nitrogens with one attached hydrogen (secondary N) is 1. The molecule has 0 aromatic heterocycles. The zero-order valence-corrected chi connectivity index (χ0v) is 9.46. The van der Waals surface area contributed by atoms with Gasteiger partial charge in [0.2, 0.25) is 0 Å². The molecule has 1 aromatic rings. The van der Waals surface area contributed by atoms with Crippen molar-refractivity contribution in [3.05, 3.63) is 29.8 Å². The summed E-state index contributed by atoms with van der Waals surface area (Å²) in [5, 5.41) is 3.38. The van der Waals surface area contributed by atoms with Gasteiger partial charge in [0, 0.05) is 12.5 Å². The van der Waals surface area contributed by atoms with E-state index in [1.165, 1.54) is 16.9 Å². The summed E-state index contributed by atoms with van der Waals surface area (Å²) < 4.78 is 0. The van der Waals surface area contributed by atoms with Crippen LogP contribution in [0.4, 0.5) is 0 Å². The van der Waals surface area contributed by atoms with Gasteiger partial charge in [-0.1, -0.05) is 36.7 Å². The highest BCUT2D eigenvalue weighted by molar-refractivity contribution is 6.32. The molecule has 1 atom stereocenters. The first-order valence-electron chi connectivity index (χ1n) is 5.66. The molecule has 2 rings (SSSR count). The van der Waals surface area contributed by atoms with Gasteiger partial charge in [-0.2, -0.15) is 0 Å². The molecule has 3 heteroatoms. The first-order valence-corrected chi connectivity index (χ1v) is 5.66. The summed E-state index contributed by atoms with van der Waals surface area (Å²) in [7, 11) is 2.14. The van der Waals surface area contributed by atoms with Crippen molar-refractivity contribution in [1.29, 1.82) is 0 Å². The molecule has 1 aliphatic rings. The van der Waals surface area contributed by atoms with Crippen LogP contribution in [0.5, 0.6) is 0 Å². The number of amidine groups is 1. The van der Waals surface area contributed by atoms with Gasteiger partial charge >= 0.3 is 0 Å². The molecule has 0 bridgehead atoms. The van der Waals surface area contributed by atoms with Gasteiger partial charge in [-0.15, -0.1) is 0 Å². The smallest absolute Gasteiger partial charge is 0.139 e. The molecule has 1 aromatic carbocycles. The van der Waals surface area contributed by atoms with E-state index in [0.29, 0.717) is 5.92 Å². The zero-order valence-electron chi connectivity index (χ0n) is 9.46. The van der Waals surface area contributed by atoms with Crippen LogP contribution in [0.2, 0.25) is 0 Å². The van der Waals surface area contributed by atoms with Crippen LogP contribution in [-0.2, 0) is 0 Å². The van der Waals surface area contributed by atoms with E-state index in [1.807, 2.05) is 0 Å². The number of benzene rings is 1. The topological polar surface area (TPSA) is 24.4 Å². The fourth-order valence-electron chi connectivity index (χ4n) is 2.12. The Balaban J connectivity index is 2.26. The Morgan fingerprint density at radius 2 is 2.40 bits per heavy atom. The first-order chi connectivity index (χ1) is 7.31. The average Bonchev–Trinajstić information content (AvgIpc) is 2.72. The van der Waals surface area contributed by atoms with Crippen LogP contribution in [0, 0.1) is 0 Å². The van der Waals surface area contributed by atoms with Crippen molar-refractivity contribution in [1.82, 2.24) is 5.32 Å². The third-order valence-corrected chi connectivity index (χ3v) is 2.88. The summed E-state index contributed by atoms with van der Waals surface area (Å²) in [6.45, 7) is 4.14. The molecule has 1 heterocycles. The maximum Gasteiger partial charge on any atom is 0.139 e. The van der Waals surface area contributed by atoms with E-state index in [0.717, 1.165) is 19.5 Å². The summed E-state index contributed by atoms with van der Waals surface area (Å²) in [6.07, 6.45) is 1.11. The number of hydrogen-bond acceptors (Lipinski definition) is 2. The van der Waals surface area contributed by atoms with Crippen LogP contribution in [0.25, 0.3) is 0 Å². The number of hydrogen-bond donors (Lipinski definition) is 1. The van der Waals surface area contributed by atoms with Crippen LogP contribution in [-0.4, -0.2) is 26.8 Å². The minimum atomic E-state index is 0.451. The van der Waals surface area contributed by atoms with Crippen LogP contribution in [0.1, 0.15) is 24.8 Å². The lowest BCUT2D eigenvalue weighted by molar-refractivity contribution is 0.815. The van der Waals surface area contributed by atoms with Crippen molar-refractivity contribution in [2.45, 2.75) is 19.3 Å². The van der Waals surface area contributed by atoms with E-state index in [9.17, 15) is 0 Å². The Morgan fingerprint density at radius 1 is 1.53 bits per heavy atom. The monoisotopic (exact) mass is 200 g/mol. The van der Waals surface area contributed by atoms with Crippen molar-refractivity contribution < 1.29 is 0 Å². The van der Waals surface area contributed by atoms with E-state index < -0.39 is 0 Å². The molecular formula is C12H17BN2. The van der Waals surface area contributed by atoms with Gasteiger partial charge in [-0.3, -0.25) is 4.99 Å². The van der Waals surface area contributed by atoms with E-state index in [4.69, 9.17) is 0 Å². The summed E-state index contributed by atoms with van der Waals surface area (Å²) in [5.74, 6) is 1.62. The van der Waals surface area contributed by atoms with E-state index in [-0.39, 0.29) is 0 Å². The second-order valence-corrected chi connectivity index (χ2v) is 4.07. The molecular weight excluding hydrogens is 183 g/mol. The third-order valence-electron chi connectivity index (χ3n) is 2.88. The normalized spacial score (nSPS) is 17.0. The maximum absolute atomic E-state index is 4.52. The predicted molar refractivity (Wildman–Crippen MR) is 68.0 cm³/mol. The van der Waals surface area contributed by atoms with Crippen molar-refractivity contribution in [3.63, 3.8) is 0 Å². The summed E-state index contributed by atoms with van der Waals surface area (Å²) in [4.78, 5) is 4.52. The van der Waals surface area contributed by atoms with E-state index >= 15 is 0 Å². The van der Waals surface area contributed by atoms with Gasteiger partial charge in [0.15, 0.2) is 0 Å². The van der Waals surface area contributed by atoms with Crippen LogP contribution in [0.3, 0.4) is 0 Å². The molecule has 1 unspecified atom stereocenters. The average molecular weight is 200 g/mol. The Labute approximate surface area is 92.2 Å². The van der Waals surface area contributed by atoms with Crippen molar-refractivity contribution in [3.8, 4) is 0 Å². The second kappa shape index (κ2) is 4.52. The highest BCUT2D eigenvalue weighted by Crippen LogP contribution is 2.20. The fraction of sp³-hybridized carbons (Fsp3) is 0.417. The Bertz CT molecular complexity index is 374. The largest absolute Gasteiger partial charge is 0.371 e. The first kappa shape index (κ1) is 10.3. The van der Waals surface area contributed by atoms with Crippen molar-refractivity contribution in [2.24, 2.45) is 4.99 Å². The van der Waals surface area contributed by atoms with Crippen molar-refractivity contribution in [2.75, 3.05) is 13.1 Å². The van der Waals surface area contributed by atoms with Crippen molar-refractivity contribution >= 4 is 19.1 Å². The third kappa shape index (κ3) is 2.22. The van der Waals surface area contributed by atoms with Crippen LogP contribution < -0.4 is 10.8 Å². The van der Waals surface area contributed by atoms with Gasteiger partial charge in [0.25, 0.3) is 0 Å². The lowest BCUT2D eigenvalue weighted by atomic mass is 9.88. The molecule has 2 nitrogen and oxygen atoms in total. The molecule has 0 fully saturated rings. The summed E-state index contributed by atoms with van der Waals surface area (Å²) in [5.41, 5.74) is 2.70. The lowest BCUT2D eigenvalue weighted by Gasteiger charge is -2.16. The quantitative estimate of drug-likeness (QED) is 0.703. The number of aliphatic imine (C=N–C) groups is 1. The van der Waals surface area contributed by atoms with E-state index in [1.54, 1.807) is 0 Å². The minimum Gasteiger partial charge on any atom is -0.371 e. The molecule has 1 aliphatic heterocycles. The second-order valence-electron chi connectivity index (χ2n) is 4.07. The minimum absolute atomic E-state index is 0.451.